The lowest BCUT2D eigenvalue weighted by Crippen LogP contribution is -2.20. The van der Waals surface area contributed by atoms with E-state index in [0.717, 1.165) is 31.8 Å². The maximum atomic E-state index is 13.2. The summed E-state index contributed by atoms with van der Waals surface area (Å²) < 4.78 is 19.1. The molecule has 1 aliphatic rings. The zero-order valence-electron chi connectivity index (χ0n) is 10.6. The van der Waals surface area contributed by atoms with Gasteiger partial charge in [0.05, 0.1) is 6.10 Å². The van der Waals surface area contributed by atoms with Gasteiger partial charge in [0.25, 0.3) is 0 Å². The van der Waals surface area contributed by atoms with Crippen LogP contribution in [-0.2, 0) is 4.79 Å². The Kier molecular flexibility index (Phi) is 4.55. The fourth-order valence-electron chi connectivity index (χ4n) is 2.28. The average Bonchev–Trinajstić information content (AvgIpc) is 2.40. The molecule has 1 aromatic carbocycles. The molecule has 0 aliphatic heterocycles. The lowest BCUT2D eigenvalue weighted by Gasteiger charge is -2.23. The first-order valence-corrected chi connectivity index (χ1v) is 6.52. The van der Waals surface area contributed by atoms with Crippen molar-refractivity contribution in [2.75, 3.05) is 0 Å². The number of rotatable bonds is 4. The van der Waals surface area contributed by atoms with Crippen molar-refractivity contribution in [3.63, 3.8) is 0 Å². The molecule has 1 aliphatic carbocycles. The molecule has 2 rings (SSSR count). The summed E-state index contributed by atoms with van der Waals surface area (Å²) in [5.41, 5.74) is 0.466. The van der Waals surface area contributed by atoms with Gasteiger partial charge in [-0.1, -0.05) is 6.42 Å². The fraction of sp³-hybridized carbons (Fsp3) is 0.400. The summed E-state index contributed by atoms with van der Waals surface area (Å²) in [5, 5.41) is 8.64. The van der Waals surface area contributed by atoms with Gasteiger partial charge in [-0.3, -0.25) is 0 Å². The summed E-state index contributed by atoms with van der Waals surface area (Å²) in [5.74, 6) is -0.917. The van der Waals surface area contributed by atoms with Crippen LogP contribution in [-0.4, -0.2) is 17.2 Å². The van der Waals surface area contributed by atoms with Crippen LogP contribution in [0.15, 0.2) is 24.3 Å². The zero-order chi connectivity index (χ0) is 13.7. The normalized spacial score (nSPS) is 16.7. The van der Waals surface area contributed by atoms with Gasteiger partial charge in [0, 0.05) is 11.6 Å². The maximum absolute atomic E-state index is 13.2. The topological polar surface area (TPSA) is 46.5 Å². The molecule has 1 aromatic rings. The molecular formula is C15H17FO3. The fourth-order valence-corrected chi connectivity index (χ4v) is 2.28. The number of ether oxygens (including phenoxy) is 1. The number of carboxylic acid groups (broad SMARTS) is 1. The van der Waals surface area contributed by atoms with Crippen LogP contribution in [0.1, 0.15) is 37.7 Å². The molecule has 0 spiro atoms. The first-order chi connectivity index (χ1) is 9.15. The van der Waals surface area contributed by atoms with Crippen LogP contribution in [0.25, 0.3) is 6.08 Å². The van der Waals surface area contributed by atoms with Gasteiger partial charge in [0.15, 0.2) is 0 Å². The lowest BCUT2D eigenvalue weighted by molar-refractivity contribution is -0.131. The second-order valence-electron chi connectivity index (χ2n) is 4.73. The van der Waals surface area contributed by atoms with Gasteiger partial charge in [-0.2, -0.15) is 0 Å². The summed E-state index contributed by atoms with van der Waals surface area (Å²) in [6.45, 7) is 0. The van der Waals surface area contributed by atoms with Crippen LogP contribution < -0.4 is 4.74 Å². The Morgan fingerprint density at radius 3 is 2.74 bits per heavy atom. The lowest BCUT2D eigenvalue weighted by atomic mass is 9.97. The van der Waals surface area contributed by atoms with E-state index in [1.807, 2.05) is 0 Å². The Hall–Kier alpha value is -1.84. The number of halogens is 1. The Balaban J connectivity index is 2.15. The smallest absolute Gasteiger partial charge is 0.328 e. The summed E-state index contributed by atoms with van der Waals surface area (Å²) in [7, 11) is 0. The van der Waals surface area contributed by atoms with Crippen LogP contribution in [0, 0.1) is 5.82 Å². The van der Waals surface area contributed by atoms with E-state index in [9.17, 15) is 9.18 Å². The monoisotopic (exact) mass is 264 g/mol. The van der Waals surface area contributed by atoms with E-state index in [-0.39, 0.29) is 6.10 Å². The van der Waals surface area contributed by atoms with E-state index in [1.165, 1.54) is 24.6 Å². The zero-order valence-corrected chi connectivity index (χ0v) is 10.6. The van der Waals surface area contributed by atoms with Crippen molar-refractivity contribution in [1.82, 2.24) is 0 Å². The third-order valence-electron chi connectivity index (χ3n) is 3.22. The molecule has 0 bridgehead atoms. The summed E-state index contributed by atoms with van der Waals surface area (Å²) in [4.78, 5) is 10.5. The molecule has 0 atom stereocenters. The first-order valence-electron chi connectivity index (χ1n) is 6.52. The average molecular weight is 264 g/mol. The molecule has 3 nitrogen and oxygen atoms in total. The number of aliphatic carboxylic acids is 1. The minimum Gasteiger partial charge on any atom is -0.490 e. The van der Waals surface area contributed by atoms with Crippen molar-refractivity contribution in [3.8, 4) is 5.75 Å². The number of benzene rings is 1. The van der Waals surface area contributed by atoms with Crippen LogP contribution in [0.3, 0.4) is 0 Å². The molecule has 4 heteroatoms. The summed E-state index contributed by atoms with van der Waals surface area (Å²) >= 11 is 0. The Bertz CT molecular complexity index is 476. The molecule has 19 heavy (non-hydrogen) atoms. The summed E-state index contributed by atoms with van der Waals surface area (Å²) in [6.07, 6.45) is 8.02. The molecule has 102 valence electrons. The highest BCUT2D eigenvalue weighted by Crippen LogP contribution is 2.27. The minimum atomic E-state index is -1.06. The van der Waals surface area contributed by atoms with Gasteiger partial charge in [-0.05, 0) is 50.0 Å². The first kappa shape index (κ1) is 13.6. The van der Waals surface area contributed by atoms with Crippen molar-refractivity contribution in [2.45, 2.75) is 38.2 Å². The van der Waals surface area contributed by atoms with E-state index >= 15 is 0 Å². The highest BCUT2D eigenvalue weighted by molar-refractivity contribution is 5.85. The molecule has 1 fully saturated rings. The number of hydrogen-bond acceptors (Lipinski definition) is 2. The Labute approximate surface area is 111 Å². The number of carbonyl (C=O) groups is 1. The standard InChI is InChI=1S/C15H17FO3/c16-12-7-8-14(11(10-12)6-9-15(17)18)19-13-4-2-1-3-5-13/h6-10,13H,1-5H2,(H,17,18)/b9-6+. The quantitative estimate of drug-likeness (QED) is 0.844. The third-order valence-corrected chi connectivity index (χ3v) is 3.22. The second kappa shape index (κ2) is 6.36. The van der Waals surface area contributed by atoms with Crippen molar-refractivity contribution < 1.29 is 19.0 Å². The highest BCUT2D eigenvalue weighted by atomic mass is 19.1. The molecule has 1 saturated carbocycles. The molecule has 0 amide bonds. The van der Waals surface area contributed by atoms with Gasteiger partial charge in [-0.15, -0.1) is 0 Å². The van der Waals surface area contributed by atoms with Gasteiger partial charge in [0.1, 0.15) is 11.6 Å². The van der Waals surface area contributed by atoms with Crippen molar-refractivity contribution in [1.29, 1.82) is 0 Å². The number of carboxylic acids is 1. The van der Waals surface area contributed by atoms with E-state index in [0.29, 0.717) is 11.3 Å². The molecule has 1 N–H and O–H groups in total. The molecule has 0 saturated heterocycles. The van der Waals surface area contributed by atoms with Crippen molar-refractivity contribution in [2.24, 2.45) is 0 Å². The SMILES string of the molecule is O=C(O)/C=C/c1cc(F)ccc1OC1CCCCC1. The predicted octanol–water partition coefficient (Wildman–Crippen LogP) is 3.64. The van der Waals surface area contributed by atoms with Crippen LogP contribution >= 0.6 is 0 Å². The van der Waals surface area contributed by atoms with E-state index in [2.05, 4.69) is 0 Å². The van der Waals surface area contributed by atoms with Crippen LogP contribution in [0.2, 0.25) is 0 Å². The Morgan fingerprint density at radius 1 is 1.32 bits per heavy atom. The van der Waals surface area contributed by atoms with Crippen molar-refractivity contribution in [3.05, 3.63) is 35.7 Å². The molecule has 0 aromatic heterocycles. The molecular weight excluding hydrogens is 247 g/mol. The van der Waals surface area contributed by atoms with Gasteiger partial charge >= 0.3 is 5.97 Å². The third kappa shape index (κ3) is 4.09. The van der Waals surface area contributed by atoms with E-state index < -0.39 is 11.8 Å². The molecule has 0 heterocycles. The van der Waals surface area contributed by atoms with E-state index in [4.69, 9.17) is 9.84 Å². The van der Waals surface area contributed by atoms with E-state index in [1.54, 1.807) is 6.07 Å². The predicted molar refractivity (Wildman–Crippen MR) is 70.6 cm³/mol. The Morgan fingerprint density at radius 2 is 2.05 bits per heavy atom. The largest absolute Gasteiger partial charge is 0.490 e. The van der Waals surface area contributed by atoms with Crippen LogP contribution in [0.5, 0.6) is 5.75 Å². The van der Waals surface area contributed by atoms with Gasteiger partial charge in [0.2, 0.25) is 0 Å². The van der Waals surface area contributed by atoms with Crippen LogP contribution in [0.4, 0.5) is 4.39 Å². The van der Waals surface area contributed by atoms with Gasteiger partial charge < -0.3 is 9.84 Å². The minimum absolute atomic E-state index is 0.149. The second-order valence-corrected chi connectivity index (χ2v) is 4.73. The molecule has 0 radical (unpaired) electrons. The number of hydrogen-bond donors (Lipinski definition) is 1. The maximum Gasteiger partial charge on any atom is 0.328 e. The summed E-state index contributed by atoms with van der Waals surface area (Å²) in [6, 6.07) is 4.18. The highest BCUT2D eigenvalue weighted by Gasteiger charge is 2.16. The van der Waals surface area contributed by atoms with Gasteiger partial charge in [-0.25, -0.2) is 9.18 Å². The van der Waals surface area contributed by atoms with Crippen molar-refractivity contribution >= 4 is 12.0 Å². The molecule has 0 unspecified atom stereocenters.